The SMILES string of the molecule is CN(C)c1ccc(C2CCCN2C(=O)c2ccncc2F)nn1. The average molecular weight is 315 g/mol. The Morgan fingerprint density at radius 1 is 1.30 bits per heavy atom. The van der Waals surface area contributed by atoms with Crippen LogP contribution in [0.4, 0.5) is 10.2 Å². The van der Waals surface area contributed by atoms with Crippen molar-refractivity contribution in [2.75, 3.05) is 25.5 Å². The molecule has 3 rings (SSSR count). The van der Waals surface area contributed by atoms with Crippen LogP contribution in [-0.2, 0) is 0 Å². The molecular weight excluding hydrogens is 297 g/mol. The first-order valence-electron chi connectivity index (χ1n) is 7.49. The van der Waals surface area contributed by atoms with Gasteiger partial charge in [0.05, 0.1) is 23.5 Å². The third-order valence-corrected chi connectivity index (χ3v) is 3.99. The van der Waals surface area contributed by atoms with Crippen molar-refractivity contribution in [3.05, 3.63) is 47.7 Å². The number of hydrogen-bond acceptors (Lipinski definition) is 5. The summed E-state index contributed by atoms with van der Waals surface area (Å²) in [4.78, 5) is 19.8. The van der Waals surface area contributed by atoms with Crippen LogP contribution in [0, 0.1) is 5.82 Å². The van der Waals surface area contributed by atoms with E-state index < -0.39 is 5.82 Å². The molecule has 1 aliphatic rings. The summed E-state index contributed by atoms with van der Waals surface area (Å²) in [5.41, 5.74) is 0.778. The zero-order valence-electron chi connectivity index (χ0n) is 13.1. The average Bonchev–Trinajstić information content (AvgIpc) is 3.04. The highest BCUT2D eigenvalue weighted by Gasteiger charge is 2.32. The van der Waals surface area contributed by atoms with E-state index >= 15 is 0 Å². The van der Waals surface area contributed by atoms with Crippen LogP contribution < -0.4 is 4.90 Å². The minimum Gasteiger partial charge on any atom is -0.361 e. The number of halogens is 1. The van der Waals surface area contributed by atoms with Gasteiger partial charge in [0.2, 0.25) is 0 Å². The molecule has 0 radical (unpaired) electrons. The molecule has 0 bridgehead atoms. The monoisotopic (exact) mass is 315 g/mol. The molecule has 23 heavy (non-hydrogen) atoms. The number of aromatic nitrogens is 3. The molecule has 1 amide bonds. The predicted molar refractivity (Wildman–Crippen MR) is 83.6 cm³/mol. The van der Waals surface area contributed by atoms with Gasteiger partial charge in [0.1, 0.15) is 0 Å². The Bertz CT molecular complexity index is 704. The molecule has 7 heteroatoms. The number of nitrogens with zero attached hydrogens (tertiary/aromatic N) is 5. The number of carbonyl (C=O) groups is 1. The third kappa shape index (κ3) is 2.99. The van der Waals surface area contributed by atoms with E-state index in [9.17, 15) is 9.18 Å². The molecule has 0 spiro atoms. The van der Waals surface area contributed by atoms with E-state index in [1.54, 1.807) is 4.90 Å². The maximum absolute atomic E-state index is 13.8. The van der Waals surface area contributed by atoms with Gasteiger partial charge in [0.25, 0.3) is 5.91 Å². The molecule has 2 aromatic heterocycles. The molecule has 1 aliphatic heterocycles. The normalized spacial score (nSPS) is 17.3. The van der Waals surface area contributed by atoms with E-state index in [1.165, 1.54) is 12.3 Å². The van der Waals surface area contributed by atoms with E-state index in [0.29, 0.717) is 6.54 Å². The van der Waals surface area contributed by atoms with Crippen LogP contribution in [0.3, 0.4) is 0 Å². The zero-order valence-corrected chi connectivity index (χ0v) is 13.1. The van der Waals surface area contributed by atoms with Gasteiger partial charge in [-0.3, -0.25) is 9.78 Å². The first-order valence-corrected chi connectivity index (χ1v) is 7.49. The van der Waals surface area contributed by atoms with Gasteiger partial charge in [0, 0.05) is 26.8 Å². The van der Waals surface area contributed by atoms with Gasteiger partial charge in [-0.05, 0) is 31.0 Å². The van der Waals surface area contributed by atoms with Gasteiger partial charge >= 0.3 is 0 Å². The standard InChI is InChI=1S/C16H18FN5O/c1-21(2)15-6-5-13(19-20-15)14-4-3-9-22(14)16(23)11-7-8-18-10-12(11)17/h5-8,10,14H,3-4,9H2,1-2H3. The molecule has 0 aliphatic carbocycles. The van der Waals surface area contributed by atoms with Crippen molar-refractivity contribution in [2.24, 2.45) is 0 Å². The molecule has 2 aromatic rings. The molecule has 1 unspecified atom stereocenters. The van der Waals surface area contributed by atoms with Crippen molar-refractivity contribution in [3.8, 4) is 0 Å². The van der Waals surface area contributed by atoms with Crippen molar-refractivity contribution in [1.82, 2.24) is 20.1 Å². The van der Waals surface area contributed by atoms with Crippen LogP contribution in [0.25, 0.3) is 0 Å². The number of likely N-dealkylation sites (tertiary alicyclic amines) is 1. The van der Waals surface area contributed by atoms with E-state index in [4.69, 9.17) is 0 Å². The van der Waals surface area contributed by atoms with Crippen molar-refractivity contribution >= 4 is 11.7 Å². The lowest BCUT2D eigenvalue weighted by Gasteiger charge is -2.24. The van der Waals surface area contributed by atoms with Crippen molar-refractivity contribution in [1.29, 1.82) is 0 Å². The third-order valence-electron chi connectivity index (χ3n) is 3.99. The molecule has 3 heterocycles. The molecule has 6 nitrogen and oxygen atoms in total. The van der Waals surface area contributed by atoms with E-state index in [2.05, 4.69) is 15.2 Å². The van der Waals surface area contributed by atoms with Crippen molar-refractivity contribution < 1.29 is 9.18 Å². The summed E-state index contributed by atoms with van der Waals surface area (Å²) >= 11 is 0. The highest BCUT2D eigenvalue weighted by Crippen LogP contribution is 2.32. The fourth-order valence-corrected chi connectivity index (χ4v) is 2.77. The second-order valence-corrected chi connectivity index (χ2v) is 5.72. The Hall–Kier alpha value is -2.57. The summed E-state index contributed by atoms with van der Waals surface area (Å²) < 4.78 is 13.8. The Balaban J connectivity index is 1.85. The number of pyridine rings is 1. The lowest BCUT2D eigenvalue weighted by molar-refractivity contribution is 0.0727. The predicted octanol–water partition coefficient (Wildman–Crippen LogP) is 2.05. The molecule has 0 N–H and O–H groups in total. The number of amides is 1. The van der Waals surface area contributed by atoms with E-state index in [0.717, 1.165) is 30.6 Å². The summed E-state index contributed by atoms with van der Waals surface area (Å²) in [6, 6.07) is 4.99. The number of carbonyl (C=O) groups excluding carboxylic acids is 1. The van der Waals surface area contributed by atoms with Crippen molar-refractivity contribution in [2.45, 2.75) is 18.9 Å². The number of hydrogen-bond donors (Lipinski definition) is 0. The van der Waals surface area contributed by atoms with Gasteiger partial charge < -0.3 is 9.80 Å². The summed E-state index contributed by atoms with van der Waals surface area (Å²) in [7, 11) is 3.78. The highest BCUT2D eigenvalue weighted by atomic mass is 19.1. The molecule has 1 saturated heterocycles. The largest absolute Gasteiger partial charge is 0.361 e. The zero-order chi connectivity index (χ0) is 16.4. The summed E-state index contributed by atoms with van der Waals surface area (Å²) in [6.07, 6.45) is 4.14. The Labute approximate surface area is 134 Å². The smallest absolute Gasteiger partial charge is 0.257 e. The van der Waals surface area contributed by atoms with Gasteiger partial charge in [-0.15, -0.1) is 5.10 Å². The molecule has 0 aromatic carbocycles. The van der Waals surface area contributed by atoms with Crippen LogP contribution in [-0.4, -0.2) is 46.6 Å². The van der Waals surface area contributed by atoms with Crippen LogP contribution in [0.5, 0.6) is 0 Å². The molecule has 1 fully saturated rings. The van der Waals surface area contributed by atoms with Crippen LogP contribution in [0.1, 0.15) is 34.9 Å². The maximum atomic E-state index is 13.8. The van der Waals surface area contributed by atoms with Crippen LogP contribution in [0.2, 0.25) is 0 Å². The van der Waals surface area contributed by atoms with E-state index in [-0.39, 0.29) is 17.5 Å². The lowest BCUT2D eigenvalue weighted by atomic mass is 10.1. The quantitative estimate of drug-likeness (QED) is 0.867. The molecular formula is C16H18FN5O. The number of anilines is 1. The summed E-state index contributed by atoms with van der Waals surface area (Å²) in [5, 5.41) is 8.40. The highest BCUT2D eigenvalue weighted by molar-refractivity contribution is 5.94. The number of rotatable bonds is 3. The van der Waals surface area contributed by atoms with E-state index in [1.807, 2.05) is 31.1 Å². The lowest BCUT2D eigenvalue weighted by Crippen LogP contribution is -2.31. The van der Waals surface area contributed by atoms with Crippen LogP contribution in [0.15, 0.2) is 30.6 Å². The first kappa shape index (κ1) is 15.3. The topological polar surface area (TPSA) is 62.2 Å². The molecule has 120 valence electrons. The van der Waals surface area contributed by atoms with Crippen molar-refractivity contribution in [3.63, 3.8) is 0 Å². The first-order chi connectivity index (χ1) is 11.1. The maximum Gasteiger partial charge on any atom is 0.257 e. The second-order valence-electron chi connectivity index (χ2n) is 5.72. The van der Waals surface area contributed by atoms with Gasteiger partial charge in [0.15, 0.2) is 11.6 Å². The van der Waals surface area contributed by atoms with Gasteiger partial charge in [-0.2, -0.15) is 5.10 Å². The van der Waals surface area contributed by atoms with Crippen LogP contribution >= 0.6 is 0 Å². The second kappa shape index (κ2) is 6.28. The fourth-order valence-electron chi connectivity index (χ4n) is 2.77. The fraction of sp³-hybridized carbons (Fsp3) is 0.375. The molecule has 1 atom stereocenters. The Morgan fingerprint density at radius 3 is 2.78 bits per heavy atom. The van der Waals surface area contributed by atoms with Gasteiger partial charge in [-0.1, -0.05) is 0 Å². The van der Waals surface area contributed by atoms with Gasteiger partial charge in [-0.25, -0.2) is 4.39 Å². The Morgan fingerprint density at radius 2 is 2.13 bits per heavy atom. The molecule has 0 saturated carbocycles. The minimum atomic E-state index is -0.600. The Kier molecular flexibility index (Phi) is 4.18. The summed E-state index contributed by atoms with van der Waals surface area (Å²) in [6.45, 7) is 0.586. The minimum absolute atomic E-state index is 0.0461. The summed E-state index contributed by atoms with van der Waals surface area (Å²) in [5.74, 6) is -0.173.